The molecule has 0 bridgehead atoms. The highest BCUT2D eigenvalue weighted by Crippen LogP contribution is 2.22. The van der Waals surface area contributed by atoms with Crippen LogP contribution in [-0.2, 0) is 14.8 Å². The van der Waals surface area contributed by atoms with Crippen LogP contribution >= 0.6 is 0 Å². The van der Waals surface area contributed by atoms with E-state index in [1.807, 2.05) is 4.90 Å². The van der Waals surface area contributed by atoms with Gasteiger partial charge in [0.1, 0.15) is 0 Å². The second-order valence-electron chi connectivity index (χ2n) is 5.06. The molecule has 0 radical (unpaired) electrons. The molecule has 5 N–H and O–H groups in total. The Labute approximate surface area is 124 Å². The average Bonchev–Trinajstić information content (AvgIpc) is 2.93. The van der Waals surface area contributed by atoms with Crippen molar-refractivity contribution in [2.75, 3.05) is 30.7 Å². The van der Waals surface area contributed by atoms with Crippen molar-refractivity contribution < 1.29 is 13.2 Å². The lowest BCUT2D eigenvalue weighted by molar-refractivity contribution is -0.129. The molecular formula is C13H20N4O3S. The third-order valence-corrected chi connectivity index (χ3v) is 4.38. The predicted molar refractivity (Wildman–Crippen MR) is 81.1 cm³/mol. The summed E-state index contributed by atoms with van der Waals surface area (Å²) in [6.45, 7) is 2.13. The molecule has 1 aliphatic heterocycles. The third kappa shape index (κ3) is 4.08. The number of hydrogen-bond donors (Lipinski definition) is 3. The maximum Gasteiger partial charge on any atom is 0.238 e. The molecule has 1 amide bonds. The Balaban J connectivity index is 1.90. The van der Waals surface area contributed by atoms with Gasteiger partial charge in [0.05, 0.1) is 16.3 Å². The molecule has 2 rings (SSSR count). The Morgan fingerprint density at radius 3 is 2.52 bits per heavy atom. The van der Waals surface area contributed by atoms with E-state index in [4.69, 9.17) is 10.9 Å². The van der Waals surface area contributed by atoms with Gasteiger partial charge in [0.25, 0.3) is 0 Å². The summed E-state index contributed by atoms with van der Waals surface area (Å²) in [6, 6.07) is 4.24. The first kappa shape index (κ1) is 15.6. The van der Waals surface area contributed by atoms with Crippen LogP contribution in [0.25, 0.3) is 0 Å². The Bertz CT molecular complexity index is 624. The van der Waals surface area contributed by atoms with E-state index in [1.54, 1.807) is 6.07 Å². The van der Waals surface area contributed by atoms with Gasteiger partial charge in [-0.25, -0.2) is 13.6 Å². The molecule has 1 aromatic carbocycles. The van der Waals surface area contributed by atoms with Crippen LogP contribution in [0.15, 0.2) is 23.1 Å². The number of sulfonamides is 1. The predicted octanol–water partition coefficient (Wildman–Crippen LogP) is 0.341. The molecule has 0 atom stereocenters. The van der Waals surface area contributed by atoms with Gasteiger partial charge in [-0.15, -0.1) is 0 Å². The maximum atomic E-state index is 11.9. The minimum absolute atomic E-state index is 0.0290. The summed E-state index contributed by atoms with van der Waals surface area (Å²) < 4.78 is 22.4. The molecule has 1 heterocycles. The topological polar surface area (TPSA) is 119 Å². The second-order valence-corrected chi connectivity index (χ2v) is 6.62. The average molecular weight is 312 g/mol. The molecule has 21 heavy (non-hydrogen) atoms. The number of nitrogens with zero attached hydrogens (tertiary/aromatic N) is 1. The summed E-state index contributed by atoms with van der Waals surface area (Å²) in [6.07, 6.45) is 2.53. The number of anilines is 2. The van der Waals surface area contributed by atoms with Crippen LogP contribution in [0.3, 0.4) is 0 Å². The van der Waals surface area contributed by atoms with Crippen molar-refractivity contribution >= 4 is 27.3 Å². The van der Waals surface area contributed by atoms with Crippen molar-refractivity contribution in [3.63, 3.8) is 0 Å². The van der Waals surface area contributed by atoms with E-state index in [1.165, 1.54) is 12.1 Å². The number of carbonyl (C=O) groups is 1. The normalized spacial score (nSPS) is 15.2. The number of nitrogen functional groups attached to an aromatic ring is 1. The molecule has 0 saturated carbocycles. The summed E-state index contributed by atoms with van der Waals surface area (Å²) in [7, 11) is -3.76. The van der Waals surface area contributed by atoms with Crippen LogP contribution in [0, 0.1) is 0 Å². The Kier molecular flexibility index (Phi) is 4.69. The summed E-state index contributed by atoms with van der Waals surface area (Å²) in [5.41, 5.74) is 6.66. The molecule has 0 spiro atoms. The smallest absolute Gasteiger partial charge is 0.238 e. The zero-order valence-electron chi connectivity index (χ0n) is 11.7. The summed E-state index contributed by atoms with van der Waals surface area (Å²) in [4.78, 5) is 13.7. The number of nitrogens with one attached hydrogen (secondary N) is 1. The number of hydrogen-bond acceptors (Lipinski definition) is 5. The van der Waals surface area contributed by atoms with Gasteiger partial charge in [0.15, 0.2) is 0 Å². The zero-order valence-corrected chi connectivity index (χ0v) is 12.5. The summed E-state index contributed by atoms with van der Waals surface area (Å²) in [5, 5.41) is 8.07. The second kappa shape index (κ2) is 6.31. The van der Waals surface area contributed by atoms with Gasteiger partial charge in [0.2, 0.25) is 15.9 Å². The Morgan fingerprint density at radius 1 is 1.29 bits per heavy atom. The SMILES string of the molecule is Nc1cc(S(N)(=O)=O)ccc1NCCC(=O)N1CCCC1. The molecule has 8 heteroatoms. The van der Waals surface area contributed by atoms with Crippen molar-refractivity contribution in [3.05, 3.63) is 18.2 Å². The lowest BCUT2D eigenvalue weighted by Gasteiger charge is -2.16. The number of amides is 1. The summed E-state index contributed by atoms with van der Waals surface area (Å²) >= 11 is 0. The van der Waals surface area contributed by atoms with Crippen molar-refractivity contribution in [3.8, 4) is 0 Å². The molecule has 0 aromatic heterocycles. The van der Waals surface area contributed by atoms with Crippen LogP contribution in [0.4, 0.5) is 11.4 Å². The highest BCUT2D eigenvalue weighted by Gasteiger charge is 2.17. The van der Waals surface area contributed by atoms with Gasteiger partial charge in [-0.1, -0.05) is 0 Å². The van der Waals surface area contributed by atoms with Crippen LogP contribution in [0.1, 0.15) is 19.3 Å². The molecule has 1 fully saturated rings. The molecule has 116 valence electrons. The first-order valence-electron chi connectivity index (χ1n) is 6.82. The fourth-order valence-electron chi connectivity index (χ4n) is 2.31. The minimum Gasteiger partial charge on any atom is -0.397 e. The lowest BCUT2D eigenvalue weighted by Crippen LogP contribution is -2.29. The third-order valence-electron chi connectivity index (χ3n) is 3.46. The van der Waals surface area contributed by atoms with E-state index < -0.39 is 10.0 Å². The number of benzene rings is 1. The number of carbonyl (C=O) groups excluding carboxylic acids is 1. The highest BCUT2D eigenvalue weighted by atomic mass is 32.2. The van der Waals surface area contributed by atoms with E-state index in [0.717, 1.165) is 25.9 Å². The fourth-order valence-corrected chi connectivity index (χ4v) is 2.86. The van der Waals surface area contributed by atoms with Crippen molar-refractivity contribution in [2.24, 2.45) is 5.14 Å². The highest BCUT2D eigenvalue weighted by molar-refractivity contribution is 7.89. The Hall–Kier alpha value is -1.80. The first-order chi connectivity index (χ1) is 9.88. The molecular weight excluding hydrogens is 292 g/mol. The van der Waals surface area contributed by atoms with E-state index >= 15 is 0 Å². The Morgan fingerprint density at radius 2 is 1.95 bits per heavy atom. The molecule has 0 unspecified atom stereocenters. The quantitative estimate of drug-likeness (QED) is 0.677. The molecule has 1 aliphatic rings. The zero-order chi connectivity index (χ0) is 15.5. The molecule has 1 aromatic rings. The number of rotatable bonds is 5. The number of likely N-dealkylation sites (tertiary alicyclic amines) is 1. The van der Waals surface area contributed by atoms with Crippen molar-refractivity contribution in [1.82, 2.24) is 4.90 Å². The van der Waals surface area contributed by atoms with Crippen LogP contribution in [-0.4, -0.2) is 38.9 Å². The minimum atomic E-state index is -3.76. The van der Waals surface area contributed by atoms with Crippen LogP contribution in [0.2, 0.25) is 0 Å². The van der Waals surface area contributed by atoms with E-state index in [2.05, 4.69) is 5.32 Å². The van der Waals surface area contributed by atoms with Crippen LogP contribution < -0.4 is 16.2 Å². The van der Waals surface area contributed by atoms with Gasteiger partial charge >= 0.3 is 0 Å². The molecule has 1 saturated heterocycles. The number of primary sulfonamides is 1. The monoisotopic (exact) mass is 312 g/mol. The van der Waals surface area contributed by atoms with Gasteiger partial charge in [-0.05, 0) is 31.0 Å². The summed E-state index contributed by atoms with van der Waals surface area (Å²) in [5.74, 6) is 0.125. The van der Waals surface area contributed by atoms with Crippen LogP contribution in [0.5, 0.6) is 0 Å². The fraction of sp³-hybridized carbons (Fsp3) is 0.462. The lowest BCUT2D eigenvalue weighted by atomic mass is 10.2. The first-order valence-corrected chi connectivity index (χ1v) is 8.36. The number of nitrogens with two attached hydrogens (primary N) is 2. The van der Waals surface area contributed by atoms with Gasteiger partial charge in [-0.3, -0.25) is 4.79 Å². The largest absolute Gasteiger partial charge is 0.397 e. The van der Waals surface area contributed by atoms with E-state index in [0.29, 0.717) is 18.7 Å². The standard InChI is InChI=1S/C13H20N4O3S/c14-11-9-10(21(15,19)20)3-4-12(11)16-6-5-13(18)17-7-1-2-8-17/h3-4,9,16H,1-2,5-8,14H2,(H2,15,19,20). The van der Waals surface area contributed by atoms with E-state index in [9.17, 15) is 13.2 Å². The van der Waals surface area contributed by atoms with Gasteiger partial charge in [0, 0.05) is 26.1 Å². The molecule has 7 nitrogen and oxygen atoms in total. The molecule has 0 aliphatic carbocycles. The maximum absolute atomic E-state index is 11.9. The van der Waals surface area contributed by atoms with Gasteiger partial charge in [-0.2, -0.15) is 0 Å². The van der Waals surface area contributed by atoms with Crippen molar-refractivity contribution in [2.45, 2.75) is 24.2 Å². The van der Waals surface area contributed by atoms with Gasteiger partial charge < -0.3 is 16.0 Å². The van der Waals surface area contributed by atoms with Crippen molar-refractivity contribution in [1.29, 1.82) is 0 Å². The van der Waals surface area contributed by atoms with E-state index in [-0.39, 0.29) is 16.5 Å².